The lowest BCUT2D eigenvalue weighted by molar-refractivity contribution is 0.467. The van der Waals surface area contributed by atoms with Crippen molar-refractivity contribution in [1.82, 2.24) is 0 Å². The highest BCUT2D eigenvalue weighted by atomic mass is 32.2. The van der Waals surface area contributed by atoms with Crippen molar-refractivity contribution in [3.05, 3.63) is 72.8 Å². The summed E-state index contributed by atoms with van der Waals surface area (Å²) in [5, 5.41) is 0.903. The Morgan fingerprint density at radius 3 is 0.972 bits per heavy atom. The van der Waals surface area contributed by atoms with Crippen molar-refractivity contribution in [2.75, 3.05) is 0 Å². The Morgan fingerprint density at radius 2 is 0.694 bits per heavy atom. The second-order valence-electron chi connectivity index (χ2n) is 7.13. The van der Waals surface area contributed by atoms with E-state index < -0.39 is 60.1 Å². The molecule has 192 valence electrons. The van der Waals surface area contributed by atoms with Crippen molar-refractivity contribution in [3.8, 4) is 0 Å². The molecule has 0 radical (unpaired) electrons. The molecule has 12 nitrogen and oxygen atoms in total. The van der Waals surface area contributed by atoms with E-state index in [0.29, 0.717) is 10.8 Å². The Labute approximate surface area is 205 Å². The maximum atomic E-state index is 11.3. The van der Waals surface area contributed by atoms with E-state index >= 15 is 0 Å². The van der Waals surface area contributed by atoms with Gasteiger partial charge in [-0.2, -0.15) is 33.7 Å². The van der Waals surface area contributed by atoms with Crippen molar-refractivity contribution < 1.29 is 51.9 Å². The minimum Gasteiger partial charge on any atom is -0.282 e. The van der Waals surface area contributed by atoms with E-state index in [-0.39, 0.29) is 10.8 Å². The predicted octanol–water partition coefficient (Wildman–Crippen LogP) is 2.67. The first-order valence-electron chi connectivity index (χ1n) is 9.36. The van der Waals surface area contributed by atoms with Crippen LogP contribution in [0, 0.1) is 0 Å². The van der Waals surface area contributed by atoms with Gasteiger partial charge in [-0.1, -0.05) is 60.7 Å². The zero-order valence-electron chi connectivity index (χ0n) is 17.6. The summed E-state index contributed by atoms with van der Waals surface area (Å²) >= 11 is 0. The minimum absolute atomic E-state index is 0.0233. The first-order valence-corrected chi connectivity index (χ1v) is 15.1. The number of hydrogen-bond donors (Lipinski definition) is 4. The molecule has 0 atom stereocenters. The zero-order valence-corrected chi connectivity index (χ0v) is 20.9. The van der Waals surface area contributed by atoms with Gasteiger partial charge in [-0.05, 0) is 22.9 Å². The smallest absolute Gasteiger partial charge is 0.282 e. The van der Waals surface area contributed by atoms with E-state index in [4.69, 9.17) is 18.2 Å². The first kappa shape index (κ1) is 27.6. The molecular weight excluding hydrogens is 560 g/mol. The summed E-state index contributed by atoms with van der Waals surface area (Å²) in [6.45, 7) is 0. The van der Waals surface area contributed by atoms with Crippen LogP contribution >= 0.6 is 0 Å². The van der Waals surface area contributed by atoms with Gasteiger partial charge in [-0.25, -0.2) is 0 Å². The lowest BCUT2D eigenvalue weighted by atomic mass is 10.1. The summed E-state index contributed by atoms with van der Waals surface area (Å²) in [5.41, 5.74) is 0. The molecule has 0 aliphatic heterocycles. The van der Waals surface area contributed by atoms with Gasteiger partial charge in [0, 0.05) is 10.8 Å². The Hall–Kier alpha value is -2.96. The zero-order chi connectivity index (χ0) is 27.1. The molecule has 0 bridgehead atoms. The van der Waals surface area contributed by atoms with Crippen LogP contribution in [0.5, 0.6) is 0 Å². The molecule has 0 amide bonds. The minimum atomic E-state index is -4.78. The highest BCUT2D eigenvalue weighted by Gasteiger charge is 2.27. The third kappa shape index (κ3) is 5.88. The predicted molar refractivity (Wildman–Crippen MR) is 127 cm³/mol. The van der Waals surface area contributed by atoms with Gasteiger partial charge >= 0.3 is 0 Å². The van der Waals surface area contributed by atoms with Gasteiger partial charge in [0.1, 0.15) is 19.6 Å². The van der Waals surface area contributed by atoms with Crippen LogP contribution in [0.4, 0.5) is 0 Å². The van der Waals surface area contributed by atoms with Crippen LogP contribution in [0.1, 0.15) is 0 Å². The van der Waals surface area contributed by atoms with Crippen molar-refractivity contribution in [2.24, 2.45) is 0 Å². The van der Waals surface area contributed by atoms with Crippen LogP contribution in [0.15, 0.2) is 92.4 Å². The monoisotopic (exact) mass is 576 g/mol. The fraction of sp³-hybridized carbons (Fsp3) is 0. The van der Waals surface area contributed by atoms with Crippen molar-refractivity contribution in [2.45, 2.75) is 19.6 Å². The summed E-state index contributed by atoms with van der Waals surface area (Å²) in [6, 6.07) is 16.6. The fourth-order valence-electron chi connectivity index (χ4n) is 3.38. The lowest BCUT2D eigenvalue weighted by Gasteiger charge is -2.08. The van der Waals surface area contributed by atoms with Gasteiger partial charge in [-0.15, -0.1) is 0 Å². The topological polar surface area (TPSA) is 217 Å². The average Bonchev–Trinajstić information content (AvgIpc) is 2.75. The third-order valence-electron chi connectivity index (χ3n) is 4.76. The average molecular weight is 577 g/mol. The number of rotatable bonds is 4. The van der Waals surface area contributed by atoms with E-state index in [2.05, 4.69) is 0 Å². The van der Waals surface area contributed by atoms with Crippen LogP contribution < -0.4 is 0 Å². The van der Waals surface area contributed by atoms with E-state index in [1.54, 1.807) is 24.3 Å². The molecule has 16 heteroatoms. The molecule has 0 aliphatic rings. The number of hydrogen-bond acceptors (Lipinski definition) is 8. The summed E-state index contributed by atoms with van der Waals surface area (Å²) in [6.07, 6.45) is 0. The molecule has 4 N–H and O–H groups in total. The lowest BCUT2D eigenvalue weighted by Crippen LogP contribution is -2.09. The second kappa shape index (κ2) is 9.49. The third-order valence-corrected chi connectivity index (χ3v) is 8.72. The summed E-state index contributed by atoms with van der Waals surface area (Å²) in [7, 11) is -19.1. The maximum absolute atomic E-state index is 11.3. The van der Waals surface area contributed by atoms with E-state index in [1.807, 2.05) is 0 Å². The van der Waals surface area contributed by atoms with E-state index in [1.165, 1.54) is 36.4 Å². The Morgan fingerprint density at radius 1 is 0.389 bits per heavy atom. The molecule has 0 aromatic heterocycles. The molecule has 4 aromatic rings. The van der Waals surface area contributed by atoms with Gasteiger partial charge < -0.3 is 0 Å². The van der Waals surface area contributed by atoms with Crippen LogP contribution in [0.2, 0.25) is 0 Å². The van der Waals surface area contributed by atoms with Crippen molar-refractivity contribution >= 4 is 62.0 Å². The van der Waals surface area contributed by atoms with Crippen LogP contribution in [-0.4, -0.2) is 51.9 Å². The molecule has 0 saturated carbocycles. The summed E-state index contributed by atoms with van der Waals surface area (Å²) in [4.78, 5) is -3.32. The van der Waals surface area contributed by atoms with E-state index in [9.17, 15) is 33.7 Å². The number of fused-ring (bicyclic) bond motifs is 2. The molecule has 0 saturated heterocycles. The highest BCUT2D eigenvalue weighted by molar-refractivity contribution is 7.89. The summed E-state index contributed by atoms with van der Waals surface area (Å²) in [5.74, 6) is 0. The second-order valence-corrected chi connectivity index (χ2v) is 12.6. The molecule has 0 aliphatic carbocycles. The Balaban J connectivity index is 0.000000201. The van der Waals surface area contributed by atoms with Gasteiger partial charge in [0.15, 0.2) is 0 Å². The standard InChI is InChI=1S/2C10H8O6S2/c2*11-17(12,13)9-6-5-7-3-1-2-4-8(7)10(9)18(14,15)16/h2*1-6H,(H,11,12,13)(H,14,15,16). The van der Waals surface area contributed by atoms with E-state index in [0.717, 1.165) is 12.1 Å². The molecule has 4 rings (SSSR count). The van der Waals surface area contributed by atoms with Crippen LogP contribution in [0.25, 0.3) is 21.5 Å². The molecule has 0 heterocycles. The largest absolute Gasteiger partial charge is 0.296 e. The number of benzene rings is 4. The Bertz CT molecular complexity index is 1780. The Kier molecular flexibility index (Phi) is 7.28. The van der Waals surface area contributed by atoms with Gasteiger partial charge in [0.2, 0.25) is 0 Å². The SMILES string of the molecule is O=S(=O)(O)c1ccc2ccccc2c1S(=O)(=O)O.O=S(=O)(O)c1ccc2ccccc2c1S(=O)(=O)O. The van der Waals surface area contributed by atoms with Crippen molar-refractivity contribution in [1.29, 1.82) is 0 Å². The van der Waals surface area contributed by atoms with Gasteiger partial charge in [0.25, 0.3) is 40.5 Å². The molecule has 0 unspecified atom stereocenters. The highest BCUT2D eigenvalue weighted by Crippen LogP contribution is 2.30. The maximum Gasteiger partial charge on any atom is 0.296 e. The normalized spacial score (nSPS) is 12.8. The summed E-state index contributed by atoms with van der Waals surface area (Å²) < 4.78 is 126. The van der Waals surface area contributed by atoms with Gasteiger partial charge in [-0.3, -0.25) is 18.2 Å². The van der Waals surface area contributed by atoms with Crippen molar-refractivity contribution in [3.63, 3.8) is 0 Å². The van der Waals surface area contributed by atoms with Crippen LogP contribution in [0.3, 0.4) is 0 Å². The molecule has 4 aromatic carbocycles. The fourth-order valence-corrected chi connectivity index (χ4v) is 7.39. The quantitative estimate of drug-likeness (QED) is 0.258. The molecular formula is C20H16O12S4. The van der Waals surface area contributed by atoms with Gasteiger partial charge in [0.05, 0.1) is 0 Å². The first-order chi connectivity index (χ1) is 16.4. The molecule has 36 heavy (non-hydrogen) atoms. The van der Waals surface area contributed by atoms with Crippen LogP contribution in [-0.2, 0) is 40.5 Å². The molecule has 0 spiro atoms. The molecule has 0 fully saturated rings.